The second-order valence-corrected chi connectivity index (χ2v) is 3.16. The predicted molar refractivity (Wildman–Crippen MR) is 40.5 cm³/mol. The molecular weight excluding hydrogens is 148 g/mol. The zero-order valence-electron chi connectivity index (χ0n) is 6.45. The van der Waals surface area contributed by atoms with Gasteiger partial charge in [-0.1, -0.05) is 12.2 Å². The number of halogens is 2. The quantitative estimate of drug-likeness (QED) is 0.629. The van der Waals surface area contributed by atoms with E-state index in [2.05, 4.69) is 6.58 Å². The molecule has 1 nitrogen and oxygen atoms in total. The van der Waals surface area contributed by atoms with Gasteiger partial charge in [0, 0.05) is 12.8 Å². The average molecular weight is 161 g/mol. The second kappa shape index (κ2) is 2.89. The molecule has 1 fully saturated rings. The van der Waals surface area contributed by atoms with Crippen molar-refractivity contribution in [2.24, 2.45) is 11.7 Å². The zero-order chi connectivity index (χ0) is 8.48. The van der Waals surface area contributed by atoms with Crippen LogP contribution in [0.25, 0.3) is 0 Å². The van der Waals surface area contributed by atoms with Crippen molar-refractivity contribution in [3.05, 3.63) is 12.2 Å². The van der Waals surface area contributed by atoms with Gasteiger partial charge in [0.05, 0.1) is 0 Å². The Bertz CT molecular complexity index is 157. The molecule has 0 aliphatic heterocycles. The van der Waals surface area contributed by atoms with E-state index in [0.717, 1.165) is 5.57 Å². The summed E-state index contributed by atoms with van der Waals surface area (Å²) in [6.07, 6.45) is 0.637. The van der Waals surface area contributed by atoms with E-state index >= 15 is 0 Å². The van der Waals surface area contributed by atoms with E-state index in [4.69, 9.17) is 5.73 Å². The largest absolute Gasteiger partial charge is 0.330 e. The van der Waals surface area contributed by atoms with Crippen molar-refractivity contribution in [3.8, 4) is 0 Å². The van der Waals surface area contributed by atoms with Crippen molar-refractivity contribution in [1.29, 1.82) is 0 Å². The third kappa shape index (κ3) is 1.99. The van der Waals surface area contributed by atoms with Crippen molar-refractivity contribution in [1.82, 2.24) is 0 Å². The Hall–Kier alpha value is -0.440. The molecule has 0 aromatic rings. The van der Waals surface area contributed by atoms with Crippen LogP contribution in [-0.4, -0.2) is 12.5 Å². The fourth-order valence-electron chi connectivity index (χ4n) is 1.34. The first-order valence-corrected chi connectivity index (χ1v) is 3.81. The molecule has 2 N–H and O–H groups in total. The molecule has 0 aromatic heterocycles. The van der Waals surface area contributed by atoms with E-state index < -0.39 is 5.92 Å². The van der Waals surface area contributed by atoms with E-state index in [0.29, 0.717) is 13.0 Å². The summed E-state index contributed by atoms with van der Waals surface area (Å²) in [5.74, 6) is -2.41. The first-order valence-electron chi connectivity index (χ1n) is 3.81. The molecule has 1 saturated carbocycles. The van der Waals surface area contributed by atoms with Gasteiger partial charge in [-0.05, 0) is 18.9 Å². The van der Waals surface area contributed by atoms with Gasteiger partial charge in [-0.25, -0.2) is 8.78 Å². The molecule has 1 rings (SSSR count). The standard InChI is InChI=1S/C8H13F2N/c1-6(2-3-11)7-4-8(9,10)5-7/h7H,1-5,11H2. The fourth-order valence-corrected chi connectivity index (χ4v) is 1.34. The van der Waals surface area contributed by atoms with Crippen LogP contribution in [0.15, 0.2) is 12.2 Å². The van der Waals surface area contributed by atoms with Crippen LogP contribution < -0.4 is 5.73 Å². The van der Waals surface area contributed by atoms with Crippen LogP contribution in [0.1, 0.15) is 19.3 Å². The highest BCUT2D eigenvalue weighted by molar-refractivity contribution is 5.08. The molecule has 0 atom stereocenters. The third-order valence-corrected chi connectivity index (χ3v) is 2.13. The van der Waals surface area contributed by atoms with Crippen molar-refractivity contribution in [2.45, 2.75) is 25.2 Å². The number of alkyl halides is 2. The van der Waals surface area contributed by atoms with Crippen LogP contribution >= 0.6 is 0 Å². The molecule has 1 aliphatic rings. The van der Waals surface area contributed by atoms with Crippen LogP contribution in [0.3, 0.4) is 0 Å². The number of rotatable bonds is 3. The van der Waals surface area contributed by atoms with Crippen LogP contribution in [0.2, 0.25) is 0 Å². The Morgan fingerprint density at radius 3 is 2.45 bits per heavy atom. The normalized spacial score (nSPS) is 22.8. The Morgan fingerprint density at radius 1 is 1.55 bits per heavy atom. The van der Waals surface area contributed by atoms with E-state index in [9.17, 15) is 8.78 Å². The van der Waals surface area contributed by atoms with Crippen LogP contribution in [0.4, 0.5) is 8.78 Å². The lowest BCUT2D eigenvalue weighted by atomic mass is 9.76. The van der Waals surface area contributed by atoms with Gasteiger partial charge in [0.1, 0.15) is 0 Å². The SMILES string of the molecule is C=C(CCN)C1CC(F)(F)C1. The molecule has 0 amide bonds. The maximum Gasteiger partial charge on any atom is 0.249 e. The highest BCUT2D eigenvalue weighted by Gasteiger charge is 2.45. The monoisotopic (exact) mass is 161 g/mol. The Kier molecular flexibility index (Phi) is 2.28. The van der Waals surface area contributed by atoms with E-state index in [1.54, 1.807) is 0 Å². The van der Waals surface area contributed by atoms with E-state index in [-0.39, 0.29) is 18.8 Å². The summed E-state index contributed by atoms with van der Waals surface area (Å²) in [6.45, 7) is 4.23. The molecule has 0 aromatic carbocycles. The summed E-state index contributed by atoms with van der Waals surface area (Å²) in [5.41, 5.74) is 6.15. The third-order valence-electron chi connectivity index (χ3n) is 2.13. The van der Waals surface area contributed by atoms with Gasteiger partial charge >= 0.3 is 0 Å². The predicted octanol–water partition coefficient (Wildman–Crippen LogP) is 1.94. The van der Waals surface area contributed by atoms with Crippen molar-refractivity contribution in [2.75, 3.05) is 6.54 Å². The maximum absolute atomic E-state index is 12.3. The molecule has 11 heavy (non-hydrogen) atoms. The molecule has 64 valence electrons. The highest BCUT2D eigenvalue weighted by atomic mass is 19.3. The summed E-state index contributed by atoms with van der Waals surface area (Å²) in [7, 11) is 0. The second-order valence-electron chi connectivity index (χ2n) is 3.16. The molecule has 0 saturated heterocycles. The molecule has 3 heteroatoms. The Morgan fingerprint density at radius 2 is 2.09 bits per heavy atom. The average Bonchev–Trinajstić information content (AvgIpc) is 1.83. The molecule has 0 unspecified atom stereocenters. The molecule has 1 aliphatic carbocycles. The van der Waals surface area contributed by atoms with Gasteiger partial charge in [0.25, 0.3) is 0 Å². The lowest BCUT2D eigenvalue weighted by molar-refractivity contribution is -0.0998. The van der Waals surface area contributed by atoms with Crippen molar-refractivity contribution >= 4 is 0 Å². The van der Waals surface area contributed by atoms with Gasteiger partial charge in [0.2, 0.25) is 5.92 Å². The molecular formula is C8H13F2N. The summed E-state index contributed by atoms with van der Waals surface area (Å²) in [4.78, 5) is 0. The minimum absolute atomic E-state index is 0.0218. The molecule has 0 radical (unpaired) electrons. The summed E-state index contributed by atoms with van der Waals surface area (Å²) in [6, 6.07) is 0. The summed E-state index contributed by atoms with van der Waals surface area (Å²) < 4.78 is 24.6. The highest BCUT2D eigenvalue weighted by Crippen LogP contribution is 2.46. The minimum Gasteiger partial charge on any atom is -0.330 e. The smallest absolute Gasteiger partial charge is 0.249 e. The van der Waals surface area contributed by atoms with E-state index in [1.807, 2.05) is 0 Å². The van der Waals surface area contributed by atoms with Gasteiger partial charge in [-0.2, -0.15) is 0 Å². The molecule has 0 bridgehead atoms. The minimum atomic E-state index is -2.43. The van der Waals surface area contributed by atoms with Gasteiger partial charge in [-0.15, -0.1) is 0 Å². The lowest BCUT2D eigenvalue weighted by Crippen LogP contribution is -2.36. The van der Waals surface area contributed by atoms with Gasteiger partial charge in [0.15, 0.2) is 0 Å². The van der Waals surface area contributed by atoms with Crippen molar-refractivity contribution < 1.29 is 8.78 Å². The Labute approximate surface area is 65.3 Å². The number of hydrogen-bond donors (Lipinski definition) is 1. The molecule has 0 heterocycles. The van der Waals surface area contributed by atoms with E-state index in [1.165, 1.54) is 0 Å². The maximum atomic E-state index is 12.3. The van der Waals surface area contributed by atoms with Gasteiger partial charge in [-0.3, -0.25) is 0 Å². The lowest BCUT2D eigenvalue weighted by Gasteiger charge is -2.36. The van der Waals surface area contributed by atoms with Crippen molar-refractivity contribution in [3.63, 3.8) is 0 Å². The van der Waals surface area contributed by atoms with Crippen LogP contribution in [0, 0.1) is 5.92 Å². The first-order chi connectivity index (χ1) is 5.05. The van der Waals surface area contributed by atoms with Gasteiger partial charge < -0.3 is 5.73 Å². The first kappa shape index (κ1) is 8.65. The fraction of sp³-hybridized carbons (Fsp3) is 0.750. The zero-order valence-corrected chi connectivity index (χ0v) is 6.45. The molecule has 0 spiro atoms. The van der Waals surface area contributed by atoms with Crippen LogP contribution in [0.5, 0.6) is 0 Å². The summed E-state index contributed by atoms with van der Waals surface area (Å²) in [5, 5.41) is 0. The Balaban J connectivity index is 2.27. The summed E-state index contributed by atoms with van der Waals surface area (Å²) >= 11 is 0. The van der Waals surface area contributed by atoms with Crippen LogP contribution in [-0.2, 0) is 0 Å². The topological polar surface area (TPSA) is 26.0 Å². The number of nitrogens with two attached hydrogens (primary N) is 1. The number of hydrogen-bond acceptors (Lipinski definition) is 1.